The molecule has 0 aromatic heterocycles. The predicted octanol–water partition coefficient (Wildman–Crippen LogP) is 4.73. The van der Waals surface area contributed by atoms with Crippen LogP contribution in [0.2, 0.25) is 15.1 Å². The maximum atomic E-state index is 6.13. The van der Waals surface area contributed by atoms with Crippen LogP contribution >= 0.6 is 34.8 Å². The molecule has 0 saturated heterocycles. The highest BCUT2D eigenvalue weighted by atomic mass is 35.5. The minimum Gasteiger partial charge on any atom is -0.489 e. The summed E-state index contributed by atoms with van der Waals surface area (Å²) in [4.78, 5) is 0. The summed E-state index contributed by atoms with van der Waals surface area (Å²) in [6, 6.07) is 11.2. The zero-order valence-electron chi connectivity index (χ0n) is 10.7. The molecule has 20 heavy (non-hydrogen) atoms. The fourth-order valence-electron chi connectivity index (χ4n) is 1.81. The second-order valence-electron chi connectivity index (χ2n) is 4.30. The van der Waals surface area contributed by atoms with E-state index in [4.69, 9.17) is 45.3 Å². The lowest BCUT2D eigenvalue weighted by Gasteiger charge is -2.11. The van der Waals surface area contributed by atoms with Crippen molar-refractivity contribution in [2.75, 3.05) is 6.54 Å². The molecule has 2 aromatic rings. The van der Waals surface area contributed by atoms with E-state index < -0.39 is 0 Å². The van der Waals surface area contributed by atoms with Gasteiger partial charge in [0.05, 0.1) is 10.0 Å². The summed E-state index contributed by atoms with van der Waals surface area (Å²) in [6.07, 6.45) is 0.815. The molecule has 2 N–H and O–H groups in total. The summed E-state index contributed by atoms with van der Waals surface area (Å²) in [5.41, 5.74) is 7.36. The number of hydrogen-bond acceptors (Lipinski definition) is 2. The van der Waals surface area contributed by atoms with E-state index in [2.05, 4.69) is 0 Å². The number of nitrogens with two attached hydrogens (primary N) is 1. The Bertz CT molecular complexity index is 602. The third-order valence-electron chi connectivity index (χ3n) is 2.85. The molecule has 2 aromatic carbocycles. The van der Waals surface area contributed by atoms with Crippen LogP contribution in [0.15, 0.2) is 36.4 Å². The van der Waals surface area contributed by atoms with Gasteiger partial charge in [-0.1, -0.05) is 46.9 Å². The first kappa shape index (κ1) is 15.5. The average molecular weight is 331 g/mol. The molecule has 0 unspecified atom stereocenters. The molecule has 0 radical (unpaired) electrons. The zero-order chi connectivity index (χ0) is 14.5. The molecule has 106 valence electrons. The Hall–Kier alpha value is -0.930. The van der Waals surface area contributed by atoms with Gasteiger partial charge in [0.1, 0.15) is 12.4 Å². The minimum atomic E-state index is 0.268. The van der Waals surface area contributed by atoms with E-state index in [1.807, 2.05) is 24.3 Å². The van der Waals surface area contributed by atoms with Gasteiger partial charge in [-0.25, -0.2) is 0 Å². The lowest BCUT2D eigenvalue weighted by Crippen LogP contribution is -2.03. The highest BCUT2D eigenvalue weighted by Gasteiger charge is 2.10. The third-order valence-corrected chi connectivity index (χ3v) is 4.05. The van der Waals surface area contributed by atoms with E-state index in [-0.39, 0.29) is 6.61 Å². The molecule has 5 heteroatoms. The molecule has 2 rings (SSSR count). The average Bonchev–Trinajstić information content (AvgIpc) is 2.44. The van der Waals surface area contributed by atoms with Crippen molar-refractivity contribution in [1.82, 2.24) is 0 Å². The first-order chi connectivity index (χ1) is 9.61. The highest BCUT2D eigenvalue weighted by molar-refractivity contribution is 6.44. The Morgan fingerprint density at radius 2 is 1.75 bits per heavy atom. The van der Waals surface area contributed by atoms with Crippen LogP contribution in [0.3, 0.4) is 0 Å². The van der Waals surface area contributed by atoms with Gasteiger partial charge in [0.2, 0.25) is 0 Å². The highest BCUT2D eigenvalue weighted by Crippen LogP contribution is 2.32. The molecular weight excluding hydrogens is 317 g/mol. The topological polar surface area (TPSA) is 35.2 Å². The van der Waals surface area contributed by atoms with Crippen molar-refractivity contribution in [1.29, 1.82) is 0 Å². The number of halogens is 3. The number of hydrogen-bond donors (Lipinski definition) is 1. The molecular formula is C15H14Cl3NO. The van der Waals surface area contributed by atoms with Crippen molar-refractivity contribution in [3.8, 4) is 5.75 Å². The summed E-state index contributed by atoms with van der Waals surface area (Å²) in [5, 5.41) is 1.43. The lowest BCUT2D eigenvalue weighted by molar-refractivity contribution is 0.306. The summed E-state index contributed by atoms with van der Waals surface area (Å²) in [5.74, 6) is 0.753. The predicted molar refractivity (Wildman–Crippen MR) is 85.0 cm³/mol. The molecule has 0 bridgehead atoms. The van der Waals surface area contributed by atoms with Crippen LogP contribution in [0.5, 0.6) is 5.75 Å². The van der Waals surface area contributed by atoms with Crippen molar-refractivity contribution < 1.29 is 4.74 Å². The Kier molecular flexibility index (Phi) is 5.55. The monoisotopic (exact) mass is 329 g/mol. The van der Waals surface area contributed by atoms with Gasteiger partial charge in [0.25, 0.3) is 0 Å². The van der Waals surface area contributed by atoms with Crippen LogP contribution in [0.1, 0.15) is 11.1 Å². The van der Waals surface area contributed by atoms with Gasteiger partial charge < -0.3 is 10.5 Å². The summed E-state index contributed by atoms with van der Waals surface area (Å²) < 4.78 is 5.73. The van der Waals surface area contributed by atoms with Crippen LogP contribution in [0, 0.1) is 0 Å². The van der Waals surface area contributed by atoms with E-state index in [1.165, 1.54) is 0 Å². The molecule has 0 heterocycles. The van der Waals surface area contributed by atoms with E-state index >= 15 is 0 Å². The Balaban J connectivity index is 2.13. The van der Waals surface area contributed by atoms with Gasteiger partial charge in [-0.2, -0.15) is 0 Å². The number of benzene rings is 2. The van der Waals surface area contributed by atoms with Gasteiger partial charge in [0, 0.05) is 10.6 Å². The van der Waals surface area contributed by atoms with Gasteiger partial charge >= 0.3 is 0 Å². The molecule has 0 aliphatic carbocycles. The fraction of sp³-hybridized carbons (Fsp3) is 0.200. The Labute approximate surface area is 133 Å². The molecule has 0 atom stereocenters. The molecule has 0 aliphatic heterocycles. The van der Waals surface area contributed by atoms with Gasteiger partial charge in [-0.3, -0.25) is 0 Å². The molecule has 0 saturated carbocycles. The Morgan fingerprint density at radius 1 is 1.00 bits per heavy atom. The van der Waals surface area contributed by atoms with Crippen LogP contribution in [-0.4, -0.2) is 6.54 Å². The zero-order valence-corrected chi connectivity index (χ0v) is 13.0. The fourth-order valence-corrected chi connectivity index (χ4v) is 2.47. The van der Waals surface area contributed by atoms with Crippen LogP contribution in [0.25, 0.3) is 0 Å². The quantitative estimate of drug-likeness (QED) is 0.805. The van der Waals surface area contributed by atoms with E-state index in [0.717, 1.165) is 17.7 Å². The first-order valence-corrected chi connectivity index (χ1v) is 7.29. The van der Waals surface area contributed by atoms with Crippen LogP contribution in [-0.2, 0) is 13.0 Å². The smallest absolute Gasteiger partial charge is 0.120 e. The molecule has 0 aliphatic rings. The number of rotatable bonds is 5. The summed E-state index contributed by atoms with van der Waals surface area (Å²) in [7, 11) is 0. The maximum Gasteiger partial charge on any atom is 0.120 e. The lowest BCUT2D eigenvalue weighted by atomic mass is 10.1. The second-order valence-corrected chi connectivity index (χ2v) is 5.49. The normalized spacial score (nSPS) is 10.6. The molecule has 0 fully saturated rings. The van der Waals surface area contributed by atoms with Crippen LogP contribution in [0.4, 0.5) is 0 Å². The van der Waals surface area contributed by atoms with Gasteiger partial charge in [-0.15, -0.1) is 0 Å². The van der Waals surface area contributed by atoms with Crippen LogP contribution < -0.4 is 10.5 Å². The van der Waals surface area contributed by atoms with Gasteiger partial charge in [0.15, 0.2) is 0 Å². The SMILES string of the molecule is NCCc1cccc(OCc2c(Cl)ccc(Cl)c2Cl)c1. The van der Waals surface area contributed by atoms with Crippen molar-refractivity contribution in [2.24, 2.45) is 5.73 Å². The molecule has 0 spiro atoms. The van der Waals surface area contributed by atoms with Crippen molar-refractivity contribution >= 4 is 34.8 Å². The standard InChI is InChI=1S/C15H14Cl3NO/c16-13-4-5-14(17)15(18)12(13)9-20-11-3-1-2-10(8-11)6-7-19/h1-5,8H,6-7,9,19H2. The largest absolute Gasteiger partial charge is 0.489 e. The molecule has 2 nitrogen and oxygen atoms in total. The van der Waals surface area contributed by atoms with Crippen molar-refractivity contribution in [3.63, 3.8) is 0 Å². The number of ether oxygens (including phenoxy) is 1. The minimum absolute atomic E-state index is 0.268. The van der Waals surface area contributed by atoms with E-state index in [0.29, 0.717) is 27.2 Å². The third kappa shape index (κ3) is 3.80. The summed E-state index contributed by atoms with van der Waals surface area (Å²) >= 11 is 18.2. The summed E-state index contributed by atoms with van der Waals surface area (Å²) in [6.45, 7) is 0.875. The van der Waals surface area contributed by atoms with Gasteiger partial charge in [-0.05, 0) is 42.8 Å². The van der Waals surface area contributed by atoms with Crippen molar-refractivity contribution in [3.05, 3.63) is 62.6 Å². The van der Waals surface area contributed by atoms with E-state index in [9.17, 15) is 0 Å². The van der Waals surface area contributed by atoms with Crippen molar-refractivity contribution in [2.45, 2.75) is 13.0 Å². The first-order valence-electron chi connectivity index (χ1n) is 6.16. The van der Waals surface area contributed by atoms with E-state index in [1.54, 1.807) is 12.1 Å². The molecule has 0 amide bonds. The Morgan fingerprint density at radius 3 is 2.50 bits per heavy atom. The second kappa shape index (κ2) is 7.19. The maximum absolute atomic E-state index is 6.13.